The first kappa shape index (κ1) is 13.8. The van der Waals surface area contributed by atoms with E-state index in [-0.39, 0.29) is 16.9 Å². The maximum atomic E-state index is 12.3. The van der Waals surface area contributed by atoms with Gasteiger partial charge in [-0.2, -0.15) is 0 Å². The van der Waals surface area contributed by atoms with Crippen molar-refractivity contribution in [1.29, 1.82) is 0 Å². The minimum Gasteiger partial charge on any atom is -0.393 e. The van der Waals surface area contributed by atoms with Gasteiger partial charge in [-0.3, -0.25) is 4.79 Å². The molecule has 4 aliphatic rings. The molecule has 6 atom stereocenters. The second-order valence-electron chi connectivity index (χ2n) is 8.25. The molecular weight excluding hydrogens is 260 g/mol. The van der Waals surface area contributed by atoms with Gasteiger partial charge in [0.25, 0.3) is 0 Å². The number of rotatable bonds is 0. The van der Waals surface area contributed by atoms with Crippen LogP contribution < -0.4 is 0 Å². The third-order valence-electron chi connectivity index (χ3n) is 7.35. The highest BCUT2D eigenvalue weighted by Crippen LogP contribution is 2.62. The zero-order chi connectivity index (χ0) is 14.8. The summed E-state index contributed by atoms with van der Waals surface area (Å²) in [5.74, 6) is 2.10. The normalized spacial score (nSPS) is 52.0. The van der Waals surface area contributed by atoms with Crippen LogP contribution >= 0.6 is 0 Å². The Balaban J connectivity index is 1.71. The Morgan fingerprint density at radius 1 is 1.19 bits per heavy atom. The predicted molar refractivity (Wildman–Crippen MR) is 82.6 cm³/mol. The molecule has 21 heavy (non-hydrogen) atoms. The number of hydrogen-bond acceptors (Lipinski definition) is 2. The third-order valence-corrected chi connectivity index (χ3v) is 7.35. The third kappa shape index (κ3) is 1.72. The van der Waals surface area contributed by atoms with Crippen molar-refractivity contribution in [2.75, 3.05) is 0 Å². The topological polar surface area (TPSA) is 37.3 Å². The number of ketones is 1. The molecule has 2 nitrogen and oxygen atoms in total. The largest absolute Gasteiger partial charge is 0.393 e. The summed E-state index contributed by atoms with van der Waals surface area (Å²) in [5, 5.41) is 9.99. The lowest BCUT2D eigenvalue weighted by molar-refractivity contribution is -0.129. The summed E-state index contributed by atoms with van der Waals surface area (Å²) < 4.78 is 0. The Morgan fingerprint density at radius 3 is 2.76 bits per heavy atom. The van der Waals surface area contributed by atoms with Crippen molar-refractivity contribution in [3.63, 3.8) is 0 Å². The Kier molecular flexibility index (Phi) is 2.83. The van der Waals surface area contributed by atoms with Gasteiger partial charge < -0.3 is 5.11 Å². The lowest BCUT2D eigenvalue weighted by Gasteiger charge is -2.56. The Hall–Kier alpha value is -0.890. The van der Waals surface area contributed by atoms with Gasteiger partial charge >= 0.3 is 0 Å². The fourth-order valence-corrected chi connectivity index (χ4v) is 5.92. The first-order chi connectivity index (χ1) is 9.95. The van der Waals surface area contributed by atoms with E-state index >= 15 is 0 Å². The number of carbonyl (C=O) groups is 1. The molecule has 2 saturated carbocycles. The molecule has 0 aromatic heterocycles. The number of aliphatic hydroxyl groups is 1. The monoisotopic (exact) mass is 286 g/mol. The Labute approximate surface area is 127 Å². The van der Waals surface area contributed by atoms with Gasteiger partial charge in [0.2, 0.25) is 0 Å². The van der Waals surface area contributed by atoms with Crippen molar-refractivity contribution in [2.45, 2.75) is 58.5 Å². The van der Waals surface area contributed by atoms with Crippen LogP contribution in [-0.4, -0.2) is 17.0 Å². The van der Waals surface area contributed by atoms with E-state index in [9.17, 15) is 9.90 Å². The lowest BCUT2D eigenvalue weighted by Crippen LogP contribution is -2.50. The van der Waals surface area contributed by atoms with Crippen LogP contribution in [0.1, 0.15) is 52.4 Å². The molecule has 2 fully saturated rings. The Bertz CT molecular complexity index is 546. The number of fused-ring (bicyclic) bond motifs is 5. The summed E-state index contributed by atoms with van der Waals surface area (Å²) in [5.41, 5.74) is 1.64. The Morgan fingerprint density at radius 2 is 1.95 bits per heavy atom. The van der Waals surface area contributed by atoms with Crippen molar-refractivity contribution in [2.24, 2.45) is 28.6 Å². The van der Waals surface area contributed by atoms with E-state index in [1.54, 1.807) is 0 Å². The van der Waals surface area contributed by atoms with E-state index in [1.165, 1.54) is 12.0 Å². The molecule has 0 radical (unpaired) electrons. The quantitative estimate of drug-likeness (QED) is 0.690. The second kappa shape index (κ2) is 4.32. The van der Waals surface area contributed by atoms with E-state index in [0.29, 0.717) is 23.5 Å². The van der Waals surface area contributed by atoms with Crippen LogP contribution in [0.3, 0.4) is 0 Å². The molecular formula is C19H26O2. The SMILES string of the molecule is C[C@]12CC[C@H](O)CC1=CCC1C2CC[C@]2(C)C(=O)C=CC12. The summed E-state index contributed by atoms with van der Waals surface area (Å²) in [4.78, 5) is 12.3. The zero-order valence-corrected chi connectivity index (χ0v) is 13.1. The number of carbonyl (C=O) groups excluding carboxylic acids is 1. The van der Waals surface area contributed by atoms with Crippen molar-refractivity contribution >= 4 is 5.78 Å². The highest BCUT2D eigenvalue weighted by atomic mass is 16.3. The van der Waals surface area contributed by atoms with E-state index in [2.05, 4.69) is 26.0 Å². The summed E-state index contributed by atoms with van der Waals surface area (Å²) in [6, 6.07) is 0. The summed E-state index contributed by atoms with van der Waals surface area (Å²) in [7, 11) is 0. The maximum Gasteiger partial charge on any atom is 0.161 e. The lowest BCUT2D eigenvalue weighted by atomic mass is 9.48. The minimum absolute atomic E-state index is 0.128. The second-order valence-corrected chi connectivity index (χ2v) is 8.25. The molecule has 0 bridgehead atoms. The summed E-state index contributed by atoms with van der Waals surface area (Å²) >= 11 is 0. The average Bonchev–Trinajstić information content (AvgIpc) is 2.76. The molecule has 0 aromatic carbocycles. The van der Waals surface area contributed by atoms with Gasteiger partial charge in [0.05, 0.1) is 6.10 Å². The van der Waals surface area contributed by atoms with Crippen LogP contribution in [0.15, 0.2) is 23.8 Å². The fourth-order valence-electron chi connectivity index (χ4n) is 5.92. The van der Waals surface area contributed by atoms with Crippen LogP contribution in [0.25, 0.3) is 0 Å². The van der Waals surface area contributed by atoms with Crippen molar-refractivity contribution < 1.29 is 9.90 Å². The van der Waals surface area contributed by atoms with Crippen LogP contribution in [0.2, 0.25) is 0 Å². The number of aliphatic hydroxyl groups excluding tert-OH is 1. The van der Waals surface area contributed by atoms with E-state index < -0.39 is 0 Å². The fraction of sp³-hybridized carbons (Fsp3) is 0.737. The smallest absolute Gasteiger partial charge is 0.161 e. The molecule has 4 rings (SSSR count). The molecule has 4 aliphatic carbocycles. The van der Waals surface area contributed by atoms with E-state index in [0.717, 1.165) is 32.1 Å². The molecule has 0 aromatic rings. The van der Waals surface area contributed by atoms with Gasteiger partial charge in [-0.15, -0.1) is 0 Å². The van der Waals surface area contributed by atoms with Crippen LogP contribution in [-0.2, 0) is 4.79 Å². The molecule has 3 unspecified atom stereocenters. The van der Waals surface area contributed by atoms with Crippen LogP contribution in [0.4, 0.5) is 0 Å². The summed E-state index contributed by atoms with van der Waals surface area (Å²) in [6.45, 7) is 4.60. The van der Waals surface area contributed by atoms with Crippen molar-refractivity contribution in [3.8, 4) is 0 Å². The van der Waals surface area contributed by atoms with E-state index in [1.807, 2.05) is 6.08 Å². The molecule has 2 heteroatoms. The summed E-state index contributed by atoms with van der Waals surface area (Å²) in [6.07, 6.45) is 12.6. The average molecular weight is 286 g/mol. The first-order valence-electron chi connectivity index (χ1n) is 8.55. The molecule has 0 spiro atoms. The number of allylic oxidation sites excluding steroid dienone is 3. The van der Waals surface area contributed by atoms with Crippen LogP contribution in [0.5, 0.6) is 0 Å². The predicted octanol–water partition coefficient (Wildman–Crippen LogP) is 3.66. The van der Waals surface area contributed by atoms with Gasteiger partial charge in [0.1, 0.15) is 0 Å². The van der Waals surface area contributed by atoms with E-state index in [4.69, 9.17) is 0 Å². The molecule has 1 N–H and O–H groups in total. The zero-order valence-electron chi connectivity index (χ0n) is 13.1. The van der Waals surface area contributed by atoms with Gasteiger partial charge in [-0.25, -0.2) is 0 Å². The highest BCUT2D eigenvalue weighted by Gasteiger charge is 2.57. The van der Waals surface area contributed by atoms with Gasteiger partial charge in [0.15, 0.2) is 5.78 Å². The van der Waals surface area contributed by atoms with Gasteiger partial charge in [-0.1, -0.05) is 31.6 Å². The molecule has 0 saturated heterocycles. The van der Waals surface area contributed by atoms with Crippen molar-refractivity contribution in [3.05, 3.63) is 23.8 Å². The molecule has 114 valence electrons. The van der Waals surface area contributed by atoms with Crippen LogP contribution in [0, 0.1) is 28.6 Å². The number of hydrogen-bond donors (Lipinski definition) is 1. The van der Waals surface area contributed by atoms with Crippen molar-refractivity contribution in [1.82, 2.24) is 0 Å². The highest BCUT2D eigenvalue weighted by molar-refractivity contribution is 5.97. The molecule has 0 aliphatic heterocycles. The molecule has 0 amide bonds. The van der Waals surface area contributed by atoms with Gasteiger partial charge in [-0.05, 0) is 67.8 Å². The maximum absolute atomic E-state index is 12.3. The first-order valence-corrected chi connectivity index (χ1v) is 8.55. The van der Waals surface area contributed by atoms with Gasteiger partial charge in [0, 0.05) is 5.41 Å². The molecule has 0 heterocycles. The minimum atomic E-state index is -0.136. The standard InChI is InChI=1S/C19H26O2/c1-18-9-7-13(20)11-12(18)3-4-14-15-5-6-17(21)19(15,2)10-8-16(14)18/h3,5-6,13-16,20H,4,7-11H2,1-2H3/t13-,14?,15?,16?,18-,19-/m0/s1.